The standard InChI is InChI=1S/C13H18N2O2/c16-12-6-10(8-14-9-12)7-13(17)15-11-4-2-1-3-5-11/h6,8-9,11,16H,1-5,7H2,(H,15,17). The minimum atomic E-state index is 0.0179. The molecule has 1 heterocycles. The van der Waals surface area contributed by atoms with E-state index in [0.29, 0.717) is 6.04 Å². The van der Waals surface area contributed by atoms with Crippen molar-refractivity contribution in [2.75, 3.05) is 0 Å². The van der Waals surface area contributed by atoms with Crippen LogP contribution in [0.15, 0.2) is 18.5 Å². The molecule has 2 rings (SSSR count). The first-order valence-electron chi connectivity index (χ1n) is 6.16. The highest BCUT2D eigenvalue weighted by Crippen LogP contribution is 2.17. The smallest absolute Gasteiger partial charge is 0.224 e. The van der Waals surface area contributed by atoms with Gasteiger partial charge in [-0.2, -0.15) is 0 Å². The van der Waals surface area contributed by atoms with Crippen LogP contribution >= 0.6 is 0 Å². The van der Waals surface area contributed by atoms with E-state index in [0.717, 1.165) is 18.4 Å². The Balaban J connectivity index is 1.84. The fraction of sp³-hybridized carbons (Fsp3) is 0.538. The fourth-order valence-electron chi connectivity index (χ4n) is 2.28. The number of amides is 1. The second-order valence-corrected chi connectivity index (χ2v) is 4.63. The highest BCUT2D eigenvalue weighted by Gasteiger charge is 2.15. The van der Waals surface area contributed by atoms with Gasteiger partial charge >= 0.3 is 0 Å². The third kappa shape index (κ3) is 3.73. The lowest BCUT2D eigenvalue weighted by Gasteiger charge is -2.22. The van der Waals surface area contributed by atoms with Gasteiger partial charge in [0.2, 0.25) is 5.91 Å². The molecule has 1 amide bonds. The van der Waals surface area contributed by atoms with Crippen molar-refractivity contribution < 1.29 is 9.90 Å². The molecule has 4 nitrogen and oxygen atoms in total. The van der Waals surface area contributed by atoms with E-state index < -0.39 is 0 Å². The molecule has 4 heteroatoms. The quantitative estimate of drug-likeness (QED) is 0.838. The Hall–Kier alpha value is -1.58. The molecule has 0 bridgehead atoms. The number of rotatable bonds is 3. The summed E-state index contributed by atoms with van der Waals surface area (Å²) in [5.74, 6) is 0.122. The maximum Gasteiger partial charge on any atom is 0.224 e. The van der Waals surface area contributed by atoms with Crippen LogP contribution in [0.3, 0.4) is 0 Å². The Morgan fingerprint density at radius 2 is 2.12 bits per heavy atom. The first kappa shape index (κ1) is 11.9. The Morgan fingerprint density at radius 3 is 2.82 bits per heavy atom. The first-order valence-corrected chi connectivity index (χ1v) is 6.16. The molecule has 1 saturated carbocycles. The predicted molar refractivity (Wildman–Crippen MR) is 64.6 cm³/mol. The van der Waals surface area contributed by atoms with Crippen LogP contribution in [0, 0.1) is 0 Å². The van der Waals surface area contributed by atoms with Crippen molar-refractivity contribution in [2.24, 2.45) is 0 Å². The van der Waals surface area contributed by atoms with Gasteiger partial charge in [-0.1, -0.05) is 19.3 Å². The monoisotopic (exact) mass is 234 g/mol. The molecule has 0 aromatic carbocycles. The summed E-state index contributed by atoms with van der Waals surface area (Å²) < 4.78 is 0. The van der Waals surface area contributed by atoms with Crippen LogP contribution in [0.2, 0.25) is 0 Å². The molecule has 17 heavy (non-hydrogen) atoms. The average Bonchev–Trinajstić information content (AvgIpc) is 2.30. The van der Waals surface area contributed by atoms with E-state index in [1.165, 1.54) is 25.5 Å². The zero-order valence-corrected chi connectivity index (χ0v) is 9.85. The number of hydrogen-bond acceptors (Lipinski definition) is 3. The molecular weight excluding hydrogens is 216 g/mol. The van der Waals surface area contributed by atoms with Crippen molar-refractivity contribution in [1.82, 2.24) is 10.3 Å². The van der Waals surface area contributed by atoms with Crippen LogP contribution < -0.4 is 5.32 Å². The lowest BCUT2D eigenvalue weighted by Crippen LogP contribution is -2.37. The SMILES string of the molecule is O=C(Cc1cncc(O)c1)NC1CCCCC1. The second-order valence-electron chi connectivity index (χ2n) is 4.63. The highest BCUT2D eigenvalue weighted by molar-refractivity contribution is 5.78. The van der Waals surface area contributed by atoms with Crippen molar-refractivity contribution in [3.8, 4) is 5.75 Å². The van der Waals surface area contributed by atoms with Gasteiger partial charge in [-0.3, -0.25) is 9.78 Å². The van der Waals surface area contributed by atoms with Gasteiger partial charge in [0.15, 0.2) is 0 Å². The Morgan fingerprint density at radius 1 is 1.35 bits per heavy atom. The Labute approximate surface area is 101 Å². The second kappa shape index (κ2) is 5.66. The maximum absolute atomic E-state index is 11.8. The van der Waals surface area contributed by atoms with Crippen molar-refractivity contribution in [1.29, 1.82) is 0 Å². The summed E-state index contributed by atoms with van der Waals surface area (Å²) in [6.45, 7) is 0. The number of pyridine rings is 1. The van der Waals surface area contributed by atoms with E-state index in [-0.39, 0.29) is 18.1 Å². The molecule has 0 saturated heterocycles. The summed E-state index contributed by atoms with van der Waals surface area (Å²) in [5, 5.41) is 12.3. The van der Waals surface area contributed by atoms with Crippen molar-refractivity contribution in [3.05, 3.63) is 24.0 Å². The third-order valence-corrected chi connectivity index (χ3v) is 3.12. The molecule has 0 spiro atoms. The molecule has 1 aliphatic carbocycles. The molecule has 1 fully saturated rings. The predicted octanol–water partition coefficient (Wildman–Crippen LogP) is 1.78. The minimum Gasteiger partial charge on any atom is -0.506 e. The average molecular weight is 234 g/mol. The topological polar surface area (TPSA) is 62.2 Å². The van der Waals surface area contributed by atoms with Gasteiger partial charge in [0.25, 0.3) is 0 Å². The lowest BCUT2D eigenvalue weighted by molar-refractivity contribution is -0.121. The van der Waals surface area contributed by atoms with E-state index in [2.05, 4.69) is 10.3 Å². The van der Waals surface area contributed by atoms with Crippen molar-refractivity contribution in [2.45, 2.75) is 44.6 Å². The number of carbonyl (C=O) groups is 1. The van der Waals surface area contributed by atoms with E-state index in [1.54, 1.807) is 12.3 Å². The molecule has 0 unspecified atom stereocenters. The van der Waals surface area contributed by atoms with Gasteiger partial charge in [0, 0.05) is 12.2 Å². The molecule has 0 radical (unpaired) electrons. The molecule has 1 aromatic heterocycles. The summed E-state index contributed by atoms with van der Waals surface area (Å²) in [5.41, 5.74) is 0.748. The van der Waals surface area contributed by atoms with Crippen LogP contribution in [0.5, 0.6) is 5.75 Å². The number of aromatic nitrogens is 1. The first-order chi connectivity index (χ1) is 8.24. The van der Waals surface area contributed by atoms with Gasteiger partial charge < -0.3 is 10.4 Å². The molecule has 92 valence electrons. The van der Waals surface area contributed by atoms with Gasteiger partial charge in [-0.15, -0.1) is 0 Å². The Bertz CT molecular complexity index is 387. The summed E-state index contributed by atoms with van der Waals surface area (Å²) in [6.07, 6.45) is 9.13. The van der Waals surface area contributed by atoms with Gasteiger partial charge in [0.05, 0.1) is 12.6 Å². The summed E-state index contributed by atoms with van der Waals surface area (Å²) in [7, 11) is 0. The van der Waals surface area contributed by atoms with Crippen molar-refractivity contribution >= 4 is 5.91 Å². The largest absolute Gasteiger partial charge is 0.506 e. The Kier molecular flexibility index (Phi) is 3.96. The molecule has 0 aliphatic heterocycles. The third-order valence-electron chi connectivity index (χ3n) is 3.12. The van der Waals surface area contributed by atoms with Crippen molar-refractivity contribution in [3.63, 3.8) is 0 Å². The van der Waals surface area contributed by atoms with Gasteiger partial charge in [-0.05, 0) is 24.5 Å². The summed E-state index contributed by atoms with van der Waals surface area (Å²) >= 11 is 0. The molecule has 1 aromatic rings. The molecular formula is C13H18N2O2. The van der Waals surface area contributed by atoms with E-state index >= 15 is 0 Å². The number of hydrogen-bond donors (Lipinski definition) is 2. The van der Waals surface area contributed by atoms with Crippen LogP contribution in [0.25, 0.3) is 0 Å². The van der Waals surface area contributed by atoms with E-state index in [4.69, 9.17) is 0 Å². The van der Waals surface area contributed by atoms with Crippen LogP contribution in [-0.2, 0) is 11.2 Å². The molecule has 1 aliphatic rings. The summed E-state index contributed by atoms with van der Waals surface area (Å²) in [4.78, 5) is 15.6. The van der Waals surface area contributed by atoms with Crippen LogP contribution in [0.1, 0.15) is 37.7 Å². The van der Waals surface area contributed by atoms with Crippen LogP contribution in [-0.4, -0.2) is 22.0 Å². The number of nitrogens with one attached hydrogen (secondary N) is 1. The normalized spacial score (nSPS) is 16.7. The van der Waals surface area contributed by atoms with E-state index in [9.17, 15) is 9.90 Å². The molecule has 2 N–H and O–H groups in total. The number of nitrogens with zero attached hydrogens (tertiary/aromatic N) is 1. The fourth-order valence-corrected chi connectivity index (χ4v) is 2.28. The molecule has 0 atom stereocenters. The van der Waals surface area contributed by atoms with Gasteiger partial charge in [0.1, 0.15) is 5.75 Å². The zero-order valence-electron chi connectivity index (χ0n) is 9.85. The maximum atomic E-state index is 11.8. The van der Waals surface area contributed by atoms with Gasteiger partial charge in [-0.25, -0.2) is 0 Å². The zero-order chi connectivity index (χ0) is 12.1. The van der Waals surface area contributed by atoms with Crippen LogP contribution in [0.4, 0.5) is 0 Å². The number of carbonyl (C=O) groups excluding carboxylic acids is 1. The lowest BCUT2D eigenvalue weighted by atomic mass is 9.95. The minimum absolute atomic E-state index is 0.0179. The number of aromatic hydroxyl groups is 1. The summed E-state index contributed by atoms with van der Waals surface area (Å²) in [6, 6.07) is 1.91. The highest BCUT2D eigenvalue weighted by atomic mass is 16.3. The van der Waals surface area contributed by atoms with E-state index in [1.807, 2.05) is 0 Å².